The molecule has 3 rings (SSSR count). The van der Waals surface area contributed by atoms with E-state index >= 15 is 0 Å². The van der Waals surface area contributed by atoms with Crippen molar-refractivity contribution in [2.45, 2.75) is 64.2 Å². The Morgan fingerprint density at radius 3 is 2.50 bits per heavy atom. The topological polar surface area (TPSA) is 29.5 Å². The van der Waals surface area contributed by atoms with Crippen LogP contribution in [0.4, 0.5) is 0 Å². The highest BCUT2D eigenvalue weighted by atomic mass is 35.5. The van der Waals surface area contributed by atoms with Crippen molar-refractivity contribution in [2.75, 3.05) is 26.2 Å². The molecular weight excluding hydrogens is 509 g/mol. The van der Waals surface area contributed by atoms with Gasteiger partial charge in [0.1, 0.15) is 11.5 Å². The second kappa shape index (κ2) is 14.1. The zero-order valence-electron chi connectivity index (χ0n) is 20.2. The number of ether oxygens (including phenoxy) is 1. The number of rotatable bonds is 13. The molecule has 1 aliphatic carbocycles. The summed E-state index contributed by atoms with van der Waals surface area (Å²) in [4.78, 5) is 16.5. The van der Waals surface area contributed by atoms with Crippen molar-refractivity contribution in [2.24, 2.45) is 11.8 Å². The minimum Gasteiger partial charge on any atom is -0.460 e. The van der Waals surface area contributed by atoms with Gasteiger partial charge < -0.3 is 9.64 Å². The van der Waals surface area contributed by atoms with Gasteiger partial charge in [-0.3, -0.25) is 0 Å². The first-order valence-electron chi connectivity index (χ1n) is 12.5. The van der Waals surface area contributed by atoms with Crippen LogP contribution >= 0.6 is 46.1 Å². The van der Waals surface area contributed by atoms with Gasteiger partial charge in [0, 0.05) is 26.8 Å². The number of halogens is 3. The average Bonchev–Trinajstić information content (AvgIpc) is 3.42. The Morgan fingerprint density at radius 2 is 1.79 bits per heavy atom. The Hall–Kier alpha value is -0.780. The maximum atomic E-state index is 12.4. The summed E-state index contributed by atoms with van der Waals surface area (Å²) in [5.41, 5.74) is 1.20. The third kappa shape index (κ3) is 8.41. The Labute approximate surface area is 223 Å². The number of benzene rings is 1. The van der Waals surface area contributed by atoms with E-state index in [4.69, 9.17) is 39.5 Å². The standard InChI is InChI=1S/C27H36Cl3NO2S/c1-3-31(4-2)14-15-33-27(32)26-13-11-23(34-26)6-5-7-24-20(10-12-25(24)30)9-8-19-16-21(28)18-22(29)17-19/h11,13,16-18,20,24-25H,3-10,12,14-15H2,1-2H3/t20-,24+,25+/m0/s1. The van der Waals surface area contributed by atoms with Gasteiger partial charge in [0.15, 0.2) is 0 Å². The lowest BCUT2D eigenvalue weighted by molar-refractivity contribution is 0.0472. The van der Waals surface area contributed by atoms with E-state index in [1.165, 1.54) is 16.9 Å². The van der Waals surface area contributed by atoms with Gasteiger partial charge in [-0.2, -0.15) is 0 Å². The fourth-order valence-electron chi connectivity index (χ4n) is 4.99. The Bertz CT molecular complexity index is 895. The van der Waals surface area contributed by atoms with E-state index in [0.717, 1.165) is 58.2 Å². The first-order chi connectivity index (χ1) is 16.4. The van der Waals surface area contributed by atoms with Crippen molar-refractivity contribution >= 4 is 52.1 Å². The van der Waals surface area contributed by atoms with Crippen LogP contribution in [-0.2, 0) is 17.6 Å². The van der Waals surface area contributed by atoms with E-state index < -0.39 is 0 Å². The molecule has 188 valence electrons. The zero-order valence-corrected chi connectivity index (χ0v) is 23.3. The monoisotopic (exact) mass is 543 g/mol. The molecule has 0 amide bonds. The Morgan fingerprint density at radius 1 is 1.06 bits per heavy atom. The summed E-state index contributed by atoms with van der Waals surface area (Å²) < 4.78 is 5.46. The number of thiophene rings is 1. The van der Waals surface area contributed by atoms with Crippen LogP contribution in [0.5, 0.6) is 0 Å². The molecule has 3 atom stereocenters. The maximum absolute atomic E-state index is 12.4. The molecule has 0 aliphatic heterocycles. The molecule has 0 spiro atoms. The fourth-order valence-corrected chi connectivity index (χ4v) is 6.96. The largest absolute Gasteiger partial charge is 0.460 e. The molecule has 0 saturated heterocycles. The normalized spacial score (nSPS) is 20.2. The van der Waals surface area contributed by atoms with Crippen LogP contribution < -0.4 is 0 Å². The van der Waals surface area contributed by atoms with E-state index in [1.54, 1.807) is 17.4 Å². The first kappa shape index (κ1) is 27.8. The highest BCUT2D eigenvalue weighted by Gasteiger charge is 2.34. The van der Waals surface area contributed by atoms with Gasteiger partial charge in [0.05, 0.1) is 0 Å². The fraction of sp³-hybridized carbons (Fsp3) is 0.593. The molecule has 3 nitrogen and oxygen atoms in total. The van der Waals surface area contributed by atoms with E-state index in [9.17, 15) is 4.79 Å². The number of nitrogens with zero attached hydrogens (tertiary/aromatic N) is 1. The van der Waals surface area contributed by atoms with Gasteiger partial charge in [-0.25, -0.2) is 4.79 Å². The lowest BCUT2D eigenvalue weighted by Gasteiger charge is -2.22. The molecule has 0 unspecified atom stereocenters. The summed E-state index contributed by atoms with van der Waals surface area (Å²) in [6.45, 7) is 7.39. The van der Waals surface area contributed by atoms with E-state index in [0.29, 0.717) is 33.4 Å². The molecule has 0 N–H and O–H groups in total. The number of carbonyl (C=O) groups is 1. The number of hydrogen-bond donors (Lipinski definition) is 0. The number of aryl methyl sites for hydroxylation is 2. The highest BCUT2D eigenvalue weighted by Crippen LogP contribution is 2.41. The SMILES string of the molecule is CCN(CC)CCOC(=O)c1ccc(CCC[C@@H]2[C@@H](CCc3cc(Cl)cc(Cl)c3)CC[C@H]2Cl)s1. The van der Waals surface area contributed by atoms with E-state index in [2.05, 4.69) is 24.8 Å². The first-order valence-corrected chi connectivity index (χ1v) is 14.5. The van der Waals surface area contributed by atoms with Crippen molar-refractivity contribution in [3.63, 3.8) is 0 Å². The second-order valence-corrected chi connectivity index (χ2v) is 11.8. The number of alkyl halides is 1. The van der Waals surface area contributed by atoms with E-state index in [1.807, 2.05) is 18.2 Å². The number of hydrogen-bond acceptors (Lipinski definition) is 4. The zero-order chi connectivity index (χ0) is 24.5. The molecule has 0 radical (unpaired) electrons. The lowest BCUT2D eigenvalue weighted by atomic mass is 9.86. The summed E-state index contributed by atoms with van der Waals surface area (Å²) in [5, 5.41) is 1.65. The summed E-state index contributed by atoms with van der Waals surface area (Å²) in [6.07, 6.45) is 7.57. The van der Waals surface area contributed by atoms with Crippen molar-refractivity contribution in [1.29, 1.82) is 0 Å². The summed E-state index contributed by atoms with van der Waals surface area (Å²) >= 11 is 20.6. The second-order valence-electron chi connectivity index (χ2n) is 9.15. The average molecular weight is 545 g/mol. The van der Waals surface area contributed by atoms with Crippen LogP contribution in [0.2, 0.25) is 10.0 Å². The third-order valence-corrected chi connectivity index (χ3v) is 9.07. The quantitative estimate of drug-likeness (QED) is 0.188. The maximum Gasteiger partial charge on any atom is 0.348 e. The molecule has 2 aromatic rings. The number of esters is 1. The Kier molecular flexibility index (Phi) is 11.5. The number of carbonyl (C=O) groups excluding carboxylic acids is 1. The summed E-state index contributed by atoms with van der Waals surface area (Å²) in [5.74, 6) is 0.974. The lowest BCUT2D eigenvalue weighted by Crippen LogP contribution is -2.27. The van der Waals surface area contributed by atoms with Gasteiger partial charge in [-0.1, -0.05) is 37.0 Å². The molecule has 7 heteroatoms. The van der Waals surface area contributed by atoms with Crippen molar-refractivity contribution in [3.05, 3.63) is 55.7 Å². The smallest absolute Gasteiger partial charge is 0.348 e. The molecule has 1 aromatic heterocycles. The highest BCUT2D eigenvalue weighted by molar-refractivity contribution is 7.13. The minimum atomic E-state index is -0.207. The van der Waals surface area contributed by atoms with Crippen molar-refractivity contribution in [1.82, 2.24) is 4.90 Å². The van der Waals surface area contributed by atoms with Gasteiger partial charge in [0.2, 0.25) is 0 Å². The van der Waals surface area contributed by atoms with Crippen molar-refractivity contribution in [3.8, 4) is 0 Å². The van der Waals surface area contributed by atoms with Crippen molar-refractivity contribution < 1.29 is 9.53 Å². The predicted molar refractivity (Wildman–Crippen MR) is 146 cm³/mol. The Balaban J connectivity index is 1.43. The molecule has 1 fully saturated rings. The van der Waals surface area contributed by atoms with Gasteiger partial charge in [-0.05, 0) is 106 Å². The summed E-state index contributed by atoms with van der Waals surface area (Å²) in [7, 11) is 0. The molecule has 1 saturated carbocycles. The van der Waals surface area contributed by atoms with Crippen LogP contribution in [0.1, 0.15) is 66.1 Å². The molecule has 1 heterocycles. The predicted octanol–water partition coefficient (Wildman–Crippen LogP) is 8.14. The van der Waals surface area contributed by atoms with Crippen LogP contribution in [0.25, 0.3) is 0 Å². The molecule has 34 heavy (non-hydrogen) atoms. The van der Waals surface area contributed by atoms with Crippen LogP contribution in [0.3, 0.4) is 0 Å². The third-order valence-electron chi connectivity index (χ3n) is 6.97. The van der Waals surface area contributed by atoms with Crippen LogP contribution in [0, 0.1) is 11.8 Å². The molecule has 1 aliphatic rings. The molecule has 0 bridgehead atoms. The molecule has 1 aromatic carbocycles. The number of likely N-dealkylation sites (N-methyl/N-ethyl adjacent to an activating group) is 1. The minimum absolute atomic E-state index is 0.207. The van der Waals surface area contributed by atoms with Crippen LogP contribution in [0.15, 0.2) is 30.3 Å². The molecular formula is C27H36Cl3NO2S. The van der Waals surface area contributed by atoms with Gasteiger partial charge >= 0.3 is 5.97 Å². The van der Waals surface area contributed by atoms with Gasteiger partial charge in [-0.15, -0.1) is 22.9 Å². The van der Waals surface area contributed by atoms with E-state index in [-0.39, 0.29) is 11.3 Å². The summed E-state index contributed by atoms with van der Waals surface area (Å²) in [6, 6.07) is 9.77. The van der Waals surface area contributed by atoms with Crippen LogP contribution in [-0.4, -0.2) is 42.5 Å². The van der Waals surface area contributed by atoms with Gasteiger partial charge in [0.25, 0.3) is 0 Å².